The molecular weight excluding hydrogens is 631 g/mol. The van der Waals surface area contributed by atoms with Crippen LogP contribution in [0.4, 0.5) is 0 Å². The molecule has 0 radical (unpaired) electrons. The molecule has 0 saturated carbocycles. The van der Waals surface area contributed by atoms with Crippen molar-refractivity contribution in [2.24, 2.45) is 5.92 Å². The molecule has 0 amide bonds. The van der Waals surface area contributed by atoms with Crippen molar-refractivity contribution in [1.82, 2.24) is 5.32 Å². The highest BCUT2D eigenvalue weighted by Gasteiger charge is 2.32. The molecular formula is C38H43NO6S2. The number of ether oxygens (including phenoxy) is 2. The van der Waals surface area contributed by atoms with Crippen molar-refractivity contribution in [3.63, 3.8) is 0 Å². The first-order valence-corrected chi connectivity index (χ1v) is 18.8. The van der Waals surface area contributed by atoms with Gasteiger partial charge in [0.25, 0.3) is 0 Å². The maximum atomic E-state index is 13.8. The fraction of sp³-hybridized carbons (Fsp3) is 0.395. The first-order valence-electron chi connectivity index (χ1n) is 16.4. The van der Waals surface area contributed by atoms with Crippen LogP contribution >= 0.6 is 21.6 Å². The zero-order valence-electron chi connectivity index (χ0n) is 26.9. The molecule has 9 heteroatoms. The lowest BCUT2D eigenvalue weighted by molar-refractivity contribution is -0.126. The summed E-state index contributed by atoms with van der Waals surface area (Å²) in [5, 5.41) is 36.8. The zero-order chi connectivity index (χ0) is 32.9. The number of ketones is 1. The van der Waals surface area contributed by atoms with Gasteiger partial charge in [0.1, 0.15) is 17.8 Å². The van der Waals surface area contributed by atoms with E-state index < -0.39 is 6.23 Å². The van der Waals surface area contributed by atoms with Crippen molar-refractivity contribution < 1.29 is 29.6 Å². The quantitative estimate of drug-likeness (QED) is 0.119. The number of aromatic hydroxyl groups is 2. The Balaban J connectivity index is 1.48. The first-order chi connectivity index (χ1) is 22.9. The Bertz CT molecular complexity index is 1730. The fourth-order valence-corrected chi connectivity index (χ4v) is 9.98. The molecule has 4 aromatic rings. The topological polar surface area (TPSA) is 108 Å². The molecule has 1 aliphatic heterocycles. The molecule has 47 heavy (non-hydrogen) atoms. The summed E-state index contributed by atoms with van der Waals surface area (Å²) in [6, 6.07) is 21.0. The second kappa shape index (κ2) is 15.3. The molecule has 1 fully saturated rings. The summed E-state index contributed by atoms with van der Waals surface area (Å²) in [6.07, 6.45) is 4.08. The summed E-state index contributed by atoms with van der Waals surface area (Å²) in [4.78, 5) is 13.8. The minimum atomic E-state index is -0.428. The molecule has 7 nitrogen and oxygen atoms in total. The Hall–Kier alpha value is -3.21. The van der Waals surface area contributed by atoms with Crippen molar-refractivity contribution in [2.45, 2.75) is 69.1 Å². The normalized spacial score (nSPS) is 21.3. The summed E-state index contributed by atoms with van der Waals surface area (Å²) in [5.74, 6) is 1.92. The van der Waals surface area contributed by atoms with Gasteiger partial charge in [0, 0.05) is 29.4 Å². The number of hydrogen-bond acceptors (Lipinski definition) is 9. The number of aliphatic hydroxyl groups is 1. The van der Waals surface area contributed by atoms with E-state index in [0.717, 1.165) is 75.6 Å². The van der Waals surface area contributed by atoms with E-state index in [0.29, 0.717) is 25.0 Å². The standard InChI is InChI=1S/C38H43NO6S2/c1-39-38(27-6-3-5-23(19-27)22-40)45-33-21-29(42)14-9-26-11-16-32(43)37(44-2)35(26)30-15-10-24-8-13-28(41)20-31(24)36(30)34-17-12-25(33)7-4-18-46-47-34/h3,5-6,8,10-11,13,15-16,19-20,25,33-34,38-41,43H,4,7,9,12,14,17-18,21-22H2,1-2H3/t25-,33?,34-,38-/m1/s1. The molecule has 2 aliphatic rings. The van der Waals surface area contributed by atoms with Crippen LogP contribution in [0.25, 0.3) is 21.9 Å². The van der Waals surface area contributed by atoms with Crippen LogP contribution in [0, 0.1) is 5.92 Å². The fourth-order valence-electron chi connectivity index (χ4n) is 7.14. The molecule has 0 aromatic heterocycles. The second-order valence-electron chi connectivity index (χ2n) is 12.5. The highest BCUT2D eigenvalue weighted by atomic mass is 33.1. The van der Waals surface area contributed by atoms with Gasteiger partial charge in [-0.05, 0) is 108 Å². The lowest BCUT2D eigenvalue weighted by atomic mass is 9.85. The molecule has 1 aliphatic carbocycles. The van der Waals surface area contributed by atoms with Crippen molar-refractivity contribution in [3.8, 4) is 28.4 Å². The summed E-state index contributed by atoms with van der Waals surface area (Å²) in [5.41, 5.74) is 5.53. The van der Waals surface area contributed by atoms with Crippen molar-refractivity contribution >= 4 is 38.1 Å². The van der Waals surface area contributed by atoms with E-state index in [-0.39, 0.29) is 41.2 Å². The van der Waals surface area contributed by atoms with E-state index in [4.69, 9.17) is 9.47 Å². The minimum Gasteiger partial charge on any atom is -0.508 e. The Morgan fingerprint density at radius 2 is 1.85 bits per heavy atom. The van der Waals surface area contributed by atoms with E-state index in [1.54, 1.807) is 19.2 Å². The van der Waals surface area contributed by atoms with Gasteiger partial charge in [-0.2, -0.15) is 0 Å². The first kappa shape index (κ1) is 33.7. The third kappa shape index (κ3) is 7.44. The van der Waals surface area contributed by atoms with Crippen molar-refractivity contribution in [2.75, 3.05) is 19.9 Å². The van der Waals surface area contributed by atoms with Crippen molar-refractivity contribution in [3.05, 3.63) is 89.0 Å². The Morgan fingerprint density at radius 3 is 2.66 bits per heavy atom. The van der Waals surface area contributed by atoms with Crippen LogP contribution in [-0.4, -0.2) is 47.1 Å². The molecule has 0 spiro atoms. The van der Waals surface area contributed by atoms with E-state index in [1.807, 2.05) is 71.1 Å². The van der Waals surface area contributed by atoms with Gasteiger partial charge in [0.2, 0.25) is 0 Å². The molecule has 1 unspecified atom stereocenters. The van der Waals surface area contributed by atoms with Gasteiger partial charge in [-0.25, -0.2) is 0 Å². The van der Waals surface area contributed by atoms with Crippen LogP contribution in [0.2, 0.25) is 0 Å². The van der Waals surface area contributed by atoms with Crippen LogP contribution in [0.15, 0.2) is 66.7 Å². The zero-order valence-corrected chi connectivity index (χ0v) is 28.5. The molecule has 1 saturated heterocycles. The summed E-state index contributed by atoms with van der Waals surface area (Å²) in [6.45, 7) is -0.0521. The number of Topliss-reactive ketones (excluding diaryl/α,β-unsaturated/α-hetero) is 1. The van der Waals surface area contributed by atoms with Gasteiger partial charge < -0.3 is 24.8 Å². The molecule has 248 valence electrons. The van der Waals surface area contributed by atoms with Gasteiger partial charge in [-0.15, -0.1) is 0 Å². The van der Waals surface area contributed by atoms with Crippen LogP contribution < -0.4 is 10.1 Å². The van der Waals surface area contributed by atoms with Gasteiger partial charge >= 0.3 is 0 Å². The van der Waals surface area contributed by atoms with Crippen molar-refractivity contribution in [1.29, 1.82) is 0 Å². The maximum absolute atomic E-state index is 13.8. The van der Waals surface area contributed by atoms with Crippen LogP contribution in [-0.2, 0) is 22.6 Å². The predicted octanol–water partition coefficient (Wildman–Crippen LogP) is 8.24. The lowest BCUT2D eigenvalue weighted by Gasteiger charge is -2.32. The Morgan fingerprint density at radius 1 is 1.00 bits per heavy atom. The average Bonchev–Trinajstić information content (AvgIpc) is 3.21. The van der Waals surface area contributed by atoms with Gasteiger partial charge in [0.15, 0.2) is 11.5 Å². The molecule has 2 bridgehead atoms. The number of phenolic OH excluding ortho intramolecular Hbond substituents is 2. The number of hydrogen-bond donors (Lipinski definition) is 4. The maximum Gasteiger partial charge on any atom is 0.168 e. The highest BCUT2D eigenvalue weighted by molar-refractivity contribution is 8.76. The monoisotopic (exact) mass is 673 g/mol. The average molecular weight is 674 g/mol. The molecule has 1 heterocycles. The second-order valence-corrected chi connectivity index (χ2v) is 15.1. The number of nitrogens with one attached hydrogen (secondary N) is 1. The SMILES string of the molecule is CN[C@H](OC1CC(=O)CCc2ccc(O)c(OC)c2-c2ccc3ccc(O)cc3c2[C@H]2CC[C@H]1CCCSS2)c1cccc(CO)c1. The third-order valence-corrected chi connectivity index (χ3v) is 12.4. The van der Waals surface area contributed by atoms with E-state index in [1.165, 1.54) is 0 Å². The Labute approximate surface area is 284 Å². The lowest BCUT2D eigenvalue weighted by Crippen LogP contribution is -2.33. The molecule has 4 atom stereocenters. The highest BCUT2D eigenvalue weighted by Crippen LogP contribution is 2.52. The van der Waals surface area contributed by atoms with Gasteiger partial charge in [0.05, 0.1) is 19.8 Å². The van der Waals surface area contributed by atoms with Crippen LogP contribution in [0.1, 0.15) is 72.3 Å². The number of carbonyl (C=O) groups is 1. The van der Waals surface area contributed by atoms with E-state index in [9.17, 15) is 20.1 Å². The van der Waals surface area contributed by atoms with E-state index in [2.05, 4.69) is 17.4 Å². The number of aryl methyl sites for hydroxylation is 1. The van der Waals surface area contributed by atoms with Crippen LogP contribution in [0.5, 0.6) is 17.2 Å². The number of methoxy groups -OCH3 is 1. The number of rotatable bonds is 6. The van der Waals surface area contributed by atoms with Gasteiger partial charge in [-0.3, -0.25) is 10.1 Å². The smallest absolute Gasteiger partial charge is 0.168 e. The number of fused-ring (bicyclic) bond motifs is 9. The minimum absolute atomic E-state index is 0.0521. The number of aliphatic hydroxyl groups excluding tert-OH is 1. The molecule has 4 aromatic carbocycles. The Kier molecular flexibility index (Phi) is 11.0. The third-order valence-electron chi connectivity index (χ3n) is 9.49. The van der Waals surface area contributed by atoms with E-state index >= 15 is 0 Å². The largest absolute Gasteiger partial charge is 0.508 e. The predicted molar refractivity (Wildman–Crippen MR) is 191 cm³/mol. The summed E-state index contributed by atoms with van der Waals surface area (Å²) >= 11 is 0. The van der Waals surface area contributed by atoms with Gasteiger partial charge in [-0.1, -0.05) is 64.1 Å². The summed E-state index contributed by atoms with van der Waals surface area (Å²) < 4.78 is 12.7. The molecule has 6 rings (SSSR count). The van der Waals surface area contributed by atoms with Crippen LogP contribution in [0.3, 0.4) is 0 Å². The number of carbonyl (C=O) groups excluding carboxylic acids is 1. The summed E-state index contributed by atoms with van der Waals surface area (Å²) in [7, 11) is 7.17. The molecule has 4 N–H and O–H groups in total. The number of phenols is 2. The number of benzene rings is 4.